The SMILES string of the molecule is O=C(c1cc2c(-c3noc(C4CC4)n3)ncn2c2ccccc12)N1CCCC1. The Balaban J connectivity index is 1.56. The lowest BCUT2D eigenvalue weighted by Gasteiger charge is -2.17. The Bertz CT molecular complexity index is 1210. The molecular formula is C21H19N5O2. The van der Waals surface area contributed by atoms with Gasteiger partial charge in [-0.1, -0.05) is 23.4 Å². The summed E-state index contributed by atoms with van der Waals surface area (Å²) in [5.41, 5.74) is 3.13. The summed E-state index contributed by atoms with van der Waals surface area (Å²) in [6.07, 6.45) is 6.10. The number of rotatable bonds is 3. The Kier molecular flexibility index (Phi) is 3.32. The van der Waals surface area contributed by atoms with E-state index in [2.05, 4.69) is 15.1 Å². The summed E-state index contributed by atoms with van der Waals surface area (Å²) < 4.78 is 7.42. The van der Waals surface area contributed by atoms with Crippen molar-refractivity contribution in [3.8, 4) is 11.5 Å². The molecule has 28 heavy (non-hydrogen) atoms. The van der Waals surface area contributed by atoms with Gasteiger partial charge in [0.05, 0.1) is 16.6 Å². The summed E-state index contributed by atoms with van der Waals surface area (Å²) >= 11 is 0. The van der Waals surface area contributed by atoms with Gasteiger partial charge in [0, 0.05) is 24.4 Å². The highest BCUT2D eigenvalue weighted by Crippen LogP contribution is 2.40. The number of amides is 1. The Morgan fingerprint density at radius 3 is 2.75 bits per heavy atom. The maximum Gasteiger partial charge on any atom is 0.254 e. The molecule has 1 saturated carbocycles. The molecule has 1 aliphatic heterocycles. The second kappa shape index (κ2) is 5.89. The normalized spacial score (nSPS) is 17.1. The van der Waals surface area contributed by atoms with Crippen LogP contribution in [0.5, 0.6) is 0 Å². The highest BCUT2D eigenvalue weighted by atomic mass is 16.5. The molecule has 7 heteroatoms. The fraction of sp³-hybridized carbons (Fsp3) is 0.333. The van der Waals surface area contributed by atoms with Gasteiger partial charge in [-0.2, -0.15) is 4.98 Å². The number of likely N-dealkylation sites (tertiary alicyclic amines) is 1. The number of carbonyl (C=O) groups is 1. The minimum absolute atomic E-state index is 0.0788. The number of hydrogen-bond donors (Lipinski definition) is 0. The van der Waals surface area contributed by atoms with Crippen LogP contribution in [0, 0.1) is 0 Å². The first-order valence-corrected chi connectivity index (χ1v) is 9.81. The second-order valence-electron chi connectivity index (χ2n) is 7.65. The van der Waals surface area contributed by atoms with Gasteiger partial charge in [-0.3, -0.25) is 9.20 Å². The van der Waals surface area contributed by atoms with Crippen molar-refractivity contribution >= 4 is 22.3 Å². The van der Waals surface area contributed by atoms with Crippen molar-refractivity contribution < 1.29 is 9.32 Å². The van der Waals surface area contributed by atoms with Crippen LogP contribution in [0.3, 0.4) is 0 Å². The van der Waals surface area contributed by atoms with Crippen LogP contribution in [0.1, 0.15) is 47.8 Å². The van der Waals surface area contributed by atoms with E-state index in [0.29, 0.717) is 28.9 Å². The summed E-state index contributed by atoms with van der Waals surface area (Å²) in [6.45, 7) is 1.64. The second-order valence-corrected chi connectivity index (χ2v) is 7.65. The fourth-order valence-electron chi connectivity index (χ4n) is 4.08. The van der Waals surface area contributed by atoms with E-state index in [-0.39, 0.29) is 5.91 Å². The van der Waals surface area contributed by atoms with Crippen molar-refractivity contribution in [1.82, 2.24) is 24.4 Å². The molecule has 2 fully saturated rings. The summed E-state index contributed by atoms with van der Waals surface area (Å²) in [5, 5.41) is 5.08. The molecule has 0 spiro atoms. The van der Waals surface area contributed by atoms with Crippen LogP contribution in [0.15, 0.2) is 41.2 Å². The van der Waals surface area contributed by atoms with Gasteiger partial charge in [-0.05, 0) is 37.8 Å². The van der Waals surface area contributed by atoms with Gasteiger partial charge in [-0.15, -0.1) is 0 Å². The van der Waals surface area contributed by atoms with Crippen LogP contribution in [-0.2, 0) is 0 Å². The minimum atomic E-state index is 0.0788. The lowest BCUT2D eigenvalue weighted by atomic mass is 10.1. The average molecular weight is 373 g/mol. The molecule has 0 unspecified atom stereocenters. The largest absolute Gasteiger partial charge is 0.339 e. The molecule has 0 N–H and O–H groups in total. The quantitative estimate of drug-likeness (QED) is 0.548. The Morgan fingerprint density at radius 1 is 1.11 bits per heavy atom. The van der Waals surface area contributed by atoms with E-state index in [0.717, 1.165) is 55.2 Å². The standard InChI is InChI=1S/C21H19N5O2/c27-21(25-9-3-4-10-25)15-11-17-18(19-23-20(28-24-19)13-7-8-13)22-12-26(17)16-6-2-1-5-14(15)16/h1-2,5-6,11-13H,3-4,7-10H2. The monoisotopic (exact) mass is 373 g/mol. The van der Waals surface area contributed by atoms with Crippen molar-refractivity contribution in [3.63, 3.8) is 0 Å². The maximum atomic E-state index is 13.2. The van der Waals surface area contributed by atoms with Crippen LogP contribution in [0.25, 0.3) is 27.9 Å². The predicted octanol–water partition coefficient (Wildman–Crippen LogP) is 3.65. The lowest BCUT2D eigenvalue weighted by molar-refractivity contribution is 0.0795. The molecule has 7 nitrogen and oxygen atoms in total. The third kappa shape index (κ3) is 2.35. The minimum Gasteiger partial charge on any atom is -0.339 e. The van der Waals surface area contributed by atoms with Gasteiger partial charge in [0.25, 0.3) is 5.91 Å². The molecule has 6 rings (SSSR count). The highest BCUT2D eigenvalue weighted by molar-refractivity contribution is 6.08. The number of benzene rings is 1. The number of fused-ring (bicyclic) bond motifs is 3. The van der Waals surface area contributed by atoms with Crippen molar-refractivity contribution in [1.29, 1.82) is 0 Å². The van der Waals surface area contributed by atoms with E-state index in [4.69, 9.17) is 4.52 Å². The van der Waals surface area contributed by atoms with E-state index < -0.39 is 0 Å². The van der Waals surface area contributed by atoms with Gasteiger partial charge in [-0.25, -0.2) is 4.98 Å². The molecular weight excluding hydrogens is 354 g/mol. The Labute approximate surface area is 161 Å². The number of hydrogen-bond acceptors (Lipinski definition) is 5. The molecule has 4 aromatic rings. The van der Waals surface area contributed by atoms with Crippen molar-refractivity contribution in [2.45, 2.75) is 31.6 Å². The maximum absolute atomic E-state index is 13.2. The zero-order chi connectivity index (χ0) is 18.7. The first-order chi connectivity index (χ1) is 13.8. The summed E-state index contributed by atoms with van der Waals surface area (Å²) in [4.78, 5) is 24.3. The topological polar surface area (TPSA) is 76.5 Å². The summed E-state index contributed by atoms with van der Waals surface area (Å²) in [5.74, 6) is 1.64. The molecule has 1 saturated heterocycles. The predicted molar refractivity (Wildman–Crippen MR) is 103 cm³/mol. The van der Waals surface area contributed by atoms with Gasteiger partial charge in [0.1, 0.15) is 12.0 Å². The van der Waals surface area contributed by atoms with Crippen LogP contribution in [0.2, 0.25) is 0 Å². The molecule has 1 aliphatic carbocycles. The first kappa shape index (κ1) is 15.8. The van der Waals surface area contributed by atoms with Gasteiger partial charge in [0.2, 0.25) is 11.7 Å². The van der Waals surface area contributed by atoms with Crippen molar-refractivity contribution in [2.75, 3.05) is 13.1 Å². The fourth-order valence-corrected chi connectivity index (χ4v) is 4.08. The lowest BCUT2D eigenvalue weighted by Crippen LogP contribution is -2.27. The molecule has 3 aromatic heterocycles. The molecule has 0 radical (unpaired) electrons. The summed E-state index contributed by atoms with van der Waals surface area (Å²) in [6, 6.07) is 9.88. The van der Waals surface area contributed by atoms with Gasteiger partial charge < -0.3 is 9.42 Å². The number of nitrogens with zero attached hydrogens (tertiary/aromatic N) is 5. The van der Waals surface area contributed by atoms with Crippen LogP contribution in [-0.4, -0.2) is 43.4 Å². The zero-order valence-corrected chi connectivity index (χ0v) is 15.3. The first-order valence-electron chi connectivity index (χ1n) is 9.81. The molecule has 1 aromatic carbocycles. The van der Waals surface area contributed by atoms with Crippen LogP contribution in [0.4, 0.5) is 0 Å². The molecule has 2 aliphatic rings. The van der Waals surface area contributed by atoms with E-state index in [1.807, 2.05) is 39.6 Å². The number of aromatic nitrogens is 4. The van der Waals surface area contributed by atoms with Gasteiger partial charge in [0.15, 0.2) is 0 Å². The van der Waals surface area contributed by atoms with E-state index in [9.17, 15) is 4.79 Å². The highest BCUT2D eigenvalue weighted by Gasteiger charge is 2.30. The van der Waals surface area contributed by atoms with Crippen molar-refractivity contribution in [3.05, 3.63) is 48.1 Å². The molecule has 0 bridgehead atoms. The van der Waals surface area contributed by atoms with Crippen LogP contribution >= 0.6 is 0 Å². The average Bonchev–Trinajstić information content (AvgIpc) is 3.16. The third-order valence-corrected chi connectivity index (χ3v) is 5.74. The zero-order valence-electron chi connectivity index (χ0n) is 15.3. The molecule has 1 amide bonds. The number of carbonyl (C=O) groups excluding carboxylic acids is 1. The van der Waals surface area contributed by atoms with E-state index >= 15 is 0 Å². The third-order valence-electron chi connectivity index (χ3n) is 5.74. The number of pyridine rings is 1. The van der Waals surface area contributed by atoms with E-state index in [1.54, 1.807) is 6.33 Å². The molecule has 0 atom stereocenters. The Morgan fingerprint density at radius 2 is 1.93 bits per heavy atom. The Hall–Kier alpha value is -3.22. The number of para-hydroxylation sites is 1. The summed E-state index contributed by atoms with van der Waals surface area (Å²) in [7, 11) is 0. The number of imidazole rings is 1. The molecule has 4 heterocycles. The smallest absolute Gasteiger partial charge is 0.254 e. The van der Waals surface area contributed by atoms with Crippen LogP contribution < -0.4 is 0 Å². The molecule has 140 valence electrons. The van der Waals surface area contributed by atoms with E-state index in [1.165, 1.54) is 0 Å². The van der Waals surface area contributed by atoms with Gasteiger partial charge >= 0.3 is 0 Å². The van der Waals surface area contributed by atoms with Crippen molar-refractivity contribution in [2.24, 2.45) is 0 Å².